The number of likely N-dealkylation sites (tertiary alicyclic amines) is 1. The first kappa shape index (κ1) is 15.3. The van der Waals surface area contributed by atoms with Gasteiger partial charge in [0, 0.05) is 5.88 Å². The molecule has 1 aliphatic heterocycles. The average molecular weight is 260 g/mol. The molecule has 0 spiro atoms. The van der Waals surface area contributed by atoms with Crippen LogP contribution in [0.1, 0.15) is 59.3 Å². The third-order valence-corrected chi connectivity index (χ3v) is 4.42. The summed E-state index contributed by atoms with van der Waals surface area (Å²) in [5.74, 6) is 1.74. The highest BCUT2D eigenvalue weighted by Crippen LogP contribution is 2.34. The SMILES string of the molecule is CC(C)(C)C1CCCN(CCCCCCl)CC1. The van der Waals surface area contributed by atoms with Crippen molar-refractivity contribution in [1.82, 2.24) is 4.90 Å². The summed E-state index contributed by atoms with van der Waals surface area (Å²) in [7, 11) is 0. The van der Waals surface area contributed by atoms with Gasteiger partial charge in [0.1, 0.15) is 0 Å². The molecule has 0 aromatic rings. The number of hydrogen-bond acceptors (Lipinski definition) is 1. The van der Waals surface area contributed by atoms with Crippen LogP contribution in [0.2, 0.25) is 0 Å². The summed E-state index contributed by atoms with van der Waals surface area (Å²) in [6, 6.07) is 0. The molecule has 0 aromatic carbocycles. The summed E-state index contributed by atoms with van der Waals surface area (Å²) in [6.45, 7) is 11.1. The van der Waals surface area contributed by atoms with Crippen LogP contribution in [0.4, 0.5) is 0 Å². The van der Waals surface area contributed by atoms with Crippen molar-refractivity contribution in [2.24, 2.45) is 11.3 Å². The number of rotatable bonds is 5. The van der Waals surface area contributed by atoms with E-state index >= 15 is 0 Å². The van der Waals surface area contributed by atoms with Gasteiger partial charge in [-0.05, 0) is 63.1 Å². The molecule has 0 saturated carbocycles. The van der Waals surface area contributed by atoms with Crippen molar-refractivity contribution in [3.05, 3.63) is 0 Å². The van der Waals surface area contributed by atoms with Crippen molar-refractivity contribution in [3.63, 3.8) is 0 Å². The van der Waals surface area contributed by atoms with E-state index in [1.54, 1.807) is 0 Å². The molecule has 0 aliphatic carbocycles. The van der Waals surface area contributed by atoms with Gasteiger partial charge in [-0.25, -0.2) is 0 Å². The molecule has 102 valence electrons. The normalized spacial score (nSPS) is 23.6. The van der Waals surface area contributed by atoms with Crippen molar-refractivity contribution >= 4 is 11.6 Å². The van der Waals surface area contributed by atoms with Gasteiger partial charge >= 0.3 is 0 Å². The van der Waals surface area contributed by atoms with Gasteiger partial charge < -0.3 is 4.90 Å². The molecule has 1 rings (SSSR count). The molecule has 1 heterocycles. The fourth-order valence-electron chi connectivity index (χ4n) is 2.85. The summed E-state index contributed by atoms with van der Waals surface area (Å²) in [5.41, 5.74) is 0.495. The molecule has 0 aromatic heterocycles. The number of hydrogen-bond donors (Lipinski definition) is 0. The minimum Gasteiger partial charge on any atom is -0.303 e. The van der Waals surface area contributed by atoms with Crippen molar-refractivity contribution in [2.75, 3.05) is 25.5 Å². The minimum atomic E-state index is 0.495. The van der Waals surface area contributed by atoms with Gasteiger partial charge in [-0.3, -0.25) is 0 Å². The zero-order valence-electron chi connectivity index (χ0n) is 12.0. The minimum absolute atomic E-state index is 0.495. The second-order valence-electron chi connectivity index (χ2n) is 6.59. The lowest BCUT2D eigenvalue weighted by Gasteiger charge is -2.29. The molecular formula is C15H30ClN. The van der Waals surface area contributed by atoms with Crippen LogP contribution in [0.3, 0.4) is 0 Å². The highest BCUT2D eigenvalue weighted by Gasteiger charge is 2.26. The monoisotopic (exact) mass is 259 g/mol. The van der Waals surface area contributed by atoms with E-state index in [2.05, 4.69) is 25.7 Å². The van der Waals surface area contributed by atoms with Crippen LogP contribution < -0.4 is 0 Å². The van der Waals surface area contributed by atoms with Gasteiger partial charge in [-0.15, -0.1) is 11.6 Å². The Balaban J connectivity index is 2.23. The summed E-state index contributed by atoms with van der Waals surface area (Å²) >= 11 is 5.70. The van der Waals surface area contributed by atoms with Gasteiger partial charge in [0.25, 0.3) is 0 Å². The Morgan fingerprint density at radius 3 is 2.47 bits per heavy atom. The van der Waals surface area contributed by atoms with Crippen LogP contribution in [-0.2, 0) is 0 Å². The Labute approximate surface area is 113 Å². The Morgan fingerprint density at radius 1 is 1.06 bits per heavy atom. The smallest absolute Gasteiger partial charge is 0.0223 e. The second kappa shape index (κ2) is 7.63. The Morgan fingerprint density at radius 2 is 1.82 bits per heavy atom. The molecule has 0 radical (unpaired) electrons. The lowest BCUT2D eigenvalue weighted by atomic mass is 9.77. The molecule has 1 fully saturated rings. The first-order valence-corrected chi connectivity index (χ1v) is 7.86. The van der Waals surface area contributed by atoms with E-state index in [0.29, 0.717) is 5.41 Å². The van der Waals surface area contributed by atoms with Crippen LogP contribution in [0.25, 0.3) is 0 Å². The zero-order valence-corrected chi connectivity index (χ0v) is 12.7. The van der Waals surface area contributed by atoms with Gasteiger partial charge in [0.15, 0.2) is 0 Å². The molecule has 17 heavy (non-hydrogen) atoms. The Bertz CT molecular complexity index is 198. The molecule has 2 heteroatoms. The maximum atomic E-state index is 5.70. The fraction of sp³-hybridized carbons (Fsp3) is 1.00. The number of unbranched alkanes of at least 4 members (excludes halogenated alkanes) is 2. The van der Waals surface area contributed by atoms with Gasteiger partial charge in [0.05, 0.1) is 0 Å². The van der Waals surface area contributed by atoms with E-state index in [-0.39, 0.29) is 0 Å². The van der Waals surface area contributed by atoms with Gasteiger partial charge in [0.2, 0.25) is 0 Å². The van der Waals surface area contributed by atoms with Gasteiger partial charge in [-0.1, -0.05) is 27.2 Å². The van der Waals surface area contributed by atoms with E-state index < -0.39 is 0 Å². The van der Waals surface area contributed by atoms with Crippen molar-refractivity contribution in [1.29, 1.82) is 0 Å². The van der Waals surface area contributed by atoms with Crippen molar-refractivity contribution in [2.45, 2.75) is 59.3 Å². The Hall–Kier alpha value is 0.250. The van der Waals surface area contributed by atoms with E-state index in [1.165, 1.54) is 58.2 Å². The lowest BCUT2D eigenvalue weighted by Crippen LogP contribution is -2.27. The number of alkyl halides is 1. The highest BCUT2D eigenvalue weighted by atomic mass is 35.5. The predicted molar refractivity (Wildman–Crippen MR) is 77.8 cm³/mol. The number of halogens is 1. The molecule has 1 atom stereocenters. The van der Waals surface area contributed by atoms with E-state index in [4.69, 9.17) is 11.6 Å². The average Bonchev–Trinajstić information content (AvgIpc) is 2.49. The van der Waals surface area contributed by atoms with Crippen LogP contribution in [0.5, 0.6) is 0 Å². The first-order valence-electron chi connectivity index (χ1n) is 7.32. The van der Waals surface area contributed by atoms with Crippen LogP contribution in [0.15, 0.2) is 0 Å². The molecule has 1 saturated heterocycles. The zero-order chi connectivity index (χ0) is 12.7. The summed E-state index contributed by atoms with van der Waals surface area (Å²) in [4.78, 5) is 2.67. The maximum absolute atomic E-state index is 5.70. The standard InChI is InChI=1S/C15H30ClN/c1-15(2,3)14-8-7-12-17(13-9-14)11-6-4-5-10-16/h14H,4-13H2,1-3H3. The first-order chi connectivity index (χ1) is 8.04. The lowest BCUT2D eigenvalue weighted by molar-refractivity contribution is 0.207. The van der Waals surface area contributed by atoms with Gasteiger partial charge in [-0.2, -0.15) is 0 Å². The van der Waals surface area contributed by atoms with E-state index in [9.17, 15) is 0 Å². The van der Waals surface area contributed by atoms with E-state index in [0.717, 1.165) is 11.8 Å². The number of nitrogens with zero attached hydrogens (tertiary/aromatic N) is 1. The summed E-state index contributed by atoms with van der Waals surface area (Å²) in [5, 5.41) is 0. The van der Waals surface area contributed by atoms with Crippen molar-refractivity contribution in [3.8, 4) is 0 Å². The highest BCUT2D eigenvalue weighted by molar-refractivity contribution is 6.17. The van der Waals surface area contributed by atoms with Crippen LogP contribution >= 0.6 is 11.6 Å². The predicted octanol–water partition coefficient (Wildman–Crippen LogP) is 4.54. The summed E-state index contributed by atoms with van der Waals surface area (Å²) < 4.78 is 0. The summed E-state index contributed by atoms with van der Waals surface area (Å²) in [6.07, 6.45) is 7.99. The third-order valence-electron chi connectivity index (χ3n) is 4.15. The van der Waals surface area contributed by atoms with Crippen molar-refractivity contribution < 1.29 is 0 Å². The molecule has 1 aliphatic rings. The molecule has 0 bridgehead atoms. The van der Waals surface area contributed by atoms with Crippen LogP contribution in [-0.4, -0.2) is 30.4 Å². The molecular weight excluding hydrogens is 230 g/mol. The molecule has 0 amide bonds. The fourth-order valence-corrected chi connectivity index (χ4v) is 3.04. The van der Waals surface area contributed by atoms with E-state index in [1.807, 2.05) is 0 Å². The molecule has 1 nitrogen and oxygen atoms in total. The molecule has 0 N–H and O–H groups in total. The maximum Gasteiger partial charge on any atom is 0.0223 e. The second-order valence-corrected chi connectivity index (χ2v) is 6.96. The van der Waals surface area contributed by atoms with Crippen LogP contribution in [0, 0.1) is 11.3 Å². The molecule has 1 unspecified atom stereocenters. The Kier molecular flexibility index (Phi) is 6.87. The quantitative estimate of drug-likeness (QED) is 0.517. The largest absolute Gasteiger partial charge is 0.303 e. The third kappa shape index (κ3) is 6.10. The topological polar surface area (TPSA) is 3.24 Å².